The zero-order chi connectivity index (χ0) is 13.1. The minimum atomic E-state index is 0.722. The molecule has 19 heavy (non-hydrogen) atoms. The van der Waals surface area contributed by atoms with E-state index in [-0.39, 0.29) is 0 Å². The van der Waals surface area contributed by atoms with Crippen LogP contribution in [-0.2, 0) is 13.5 Å². The van der Waals surface area contributed by atoms with Crippen LogP contribution in [0.2, 0.25) is 0 Å². The average Bonchev–Trinajstić information content (AvgIpc) is 2.88. The minimum Gasteiger partial charge on any atom is -0.338 e. The van der Waals surface area contributed by atoms with Crippen LogP contribution in [0, 0.1) is 5.92 Å². The zero-order valence-electron chi connectivity index (χ0n) is 12.0. The molecule has 106 valence electrons. The molecule has 1 aromatic heterocycles. The van der Waals surface area contributed by atoms with Gasteiger partial charge in [-0.1, -0.05) is 0 Å². The molecule has 3 rings (SSSR count). The van der Waals surface area contributed by atoms with E-state index in [0.29, 0.717) is 0 Å². The maximum Gasteiger partial charge on any atom is 0.109 e. The molecule has 1 saturated carbocycles. The van der Waals surface area contributed by atoms with Crippen molar-refractivity contribution in [2.45, 2.75) is 38.1 Å². The molecule has 0 radical (unpaired) electrons. The zero-order valence-corrected chi connectivity index (χ0v) is 12.0. The van der Waals surface area contributed by atoms with Gasteiger partial charge in [0, 0.05) is 51.5 Å². The van der Waals surface area contributed by atoms with Gasteiger partial charge in [0.2, 0.25) is 0 Å². The lowest BCUT2D eigenvalue weighted by Gasteiger charge is -2.25. The predicted molar refractivity (Wildman–Crippen MR) is 77.1 cm³/mol. The van der Waals surface area contributed by atoms with Gasteiger partial charge in [-0.25, -0.2) is 4.98 Å². The summed E-state index contributed by atoms with van der Waals surface area (Å²) in [5.41, 5.74) is 0. The molecule has 1 aromatic rings. The van der Waals surface area contributed by atoms with Gasteiger partial charge in [-0.3, -0.25) is 0 Å². The van der Waals surface area contributed by atoms with E-state index in [1.165, 1.54) is 51.1 Å². The molecule has 1 saturated heterocycles. The summed E-state index contributed by atoms with van der Waals surface area (Å²) >= 11 is 0. The summed E-state index contributed by atoms with van der Waals surface area (Å²) in [4.78, 5) is 7.10. The van der Waals surface area contributed by atoms with E-state index in [4.69, 9.17) is 0 Å². The highest BCUT2D eigenvalue weighted by atomic mass is 15.2. The first kappa shape index (κ1) is 13.1. The summed E-state index contributed by atoms with van der Waals surface area (Å²) in [7, 11) is 2.09. The Kier molecular flexibility index (Phi) is 4.18. The third kappa shape index (κ3) is 3.80. The van der Waals surface area contributed by atoms with Crippen molar-refractivity contribution in [2.75, 3.05) is 26.2 Å². The number of nitrogens with zero attached hydrogens (tertiary/aromatic N) is 3. The van der Waals surface area contributed by atoms with Crippen LogP contribution in [0.1, 0.15) is 31.5 Å². The first-order valence-corrected chi connectivity index (χ1v) is 7.73. The molecule has 2 heterocycles. The van der Waals surface area contributed by atoms with Crippen molar-refractivity contribution in [2.24, 2.45) is 13.0 Å². The highest BCUT2D eigenvalue weighted by molar-refractivity contribution is 4.92. The largest absolute Gasteiger partial charge is 0.338 e. The number of rotatable bonds is 7. The Morgan fingerprint density at radius 1 is 1.37 bits per heavy atom. The predicted octanol–water partition coefficient (Wildman–Crippen LogP) is 1.43. The van der Waals surface area contributed by atoms with E-state index < -0.39 is 0 Å². The van der Waals surface area contributed by atoms with Crippen LogP contribution in [-0.4, -0.2) is 46.7 Å². The lowest BCUT2D eigenvalue weighted by Crippen LogP contribution is -2.39. The monoisotopic (exact) mass is 262 g/mol. The summed E-state index contributed by atoms with van der Waals surface area (Å²) in [5.74, 6) is 2.18. The van der Waals surface area contributed by atoms with Crippen LogP contribution in [0.5, 0.6) is 0 Å². The van der Waals surface area contributed by atoms with E-state index >= 15 is 0 Å². The van der Waals surface area contributed by atoms with Crippen molar-refractivity contribution in [3.05, 3.63) is 18.2 Å². The van der Waals surface area contributed by atoms with Crippen LogP contribution in [0.3, 0.4) is 0 Å². The van der Waals surface area contributed by atoms with Gasteiger partial charge in [-0.05, 0) is 38.1 Å². The quantitative estimate of drug-likeness (QED) is 0.807. The Bertz CT molecular complexity index is 391. The van der Waals surface area contributed by atoms with Crippen LogP contribution in [0.4, 0.5) is 0 Å². The smallest absolute Gasteiger partial charge is 0.109 e. The van der Waals surface area contributed by atoms with E-state index in [2.05, 4.69) is 26.8 Å². The summed E-state index contributed by atoms with van der Waals surface area (Å²) in [6, 6.07) is 0.722. The van der Waals surface area contributed by atoms with Gasteiger partial charge in [0.1, 0.15) is 5.82 Å². The molecular weight excluding hydrogens is 236 g/mol. The van der Waals surface area contributed by atoms with Crippen molar-refractivity contribution >= 4 is 0 Å². The van der Waals surface area contributed by atoms with Gasteiger partial charge >= 0.3 is 0 Å². The molecule has 0 aromatic carbocycles. The number of aromatic nitrogens is 2. The number of imidazole rings is 1. The molecule has 0 bridgehead atoms. The minimum absolute atomic E-state index is 0.722. The molecule has 1 aliphatic heterocycles. The molecule has 2 fully saturated rings. The molecule has 0 spiro atoms. The third-order valence-corrected chi connectivity index (χ3v) is 4.43. The fraction of sp³-hybridized carbons (Fsp3) is 0.800. The summed E-state index contributed by atoms with van der Waals surface area (Å²) in [6.07, 6.45) is 10.6. The Hall–Kier alpha value is -0.870. The maximum absolute atomic E-state index is 4.43. The van der Waals surface area contributed by atoms with Crippen LogP contribution in [0.15, 0.2) is 12.4 Å². The van der Waals surface area contributed by atoms with Gasteiger partial charge in [0.25, 0.3) is 0 Å². The molecule has 1 aliphatic carbocycles. The number of hydrogen-bond donors (Lipinski definition) is 1. The molecule has 1 atom stereocenters. The Labute approximate surface area is 116 Å². The van der Waals surface area contributed by atoms with E-state index in [1.807, 2.05) is 12.4 Å². The second kappa shape index (κ2) is 6.06. The van der Waals surface area contributed by atoms with Crippen molar-refractivity contribution in [1.82, 2.24) is 19.8 Å². The van der Waals surface area contributed by atoms with Crippen molar-refractivity contribution in [1.29, 1.82) is 0 Å². The molecule has 2 aliphatic rings. The SMILES string of the molecule is Cn1ccnc1CCN(CC1CC1)CC1CCCN1. The van der Waals surface area contributed by atoms with Crippen molar-refractivity contribution in [3.63, 3.8) is 0 Å². The number of nitrogens with one attached hydrogen (secondary N) is 1. The summed E-state index contributed by atoms with van der Waals surface area (Å²) in [6.45, 7) is 4.88. The van der Waals surface area contributed by atoms with E-state index in [1.54, 1.807) is 0 Å². The van der Waals surface area contributed by atoms with Crippen molar-refractivity contribution in [3.8, 4) is 0 Å². The van der Waals surface area contributed by atoms with E-state index in [0.717, 1.165) is 24.9 Å². The van der Waals surface area contributed by atoms with Crippen molar-refractivity contribution < 1.29 is 0 Å². The summed E-state index contributed by atoms with van der Waals surface area (Å²) in [5, 5.41) is 3.62. The van der Waals surface area contributed by atoms with Gasteiger partial charge in [0.05, 0.1) is 0 Å². The summed E-state index contributed by atoms with van der Waals surface area (Å²) < 4.78 is 2.14. The van der Waals surface area contributed by atoms with Crippen LogP contribution >= 0.6 is 0 Å². The number of aryl methyl sites for hydroxylation is 1. The normalized spacial score (nSPS) is 23.4. The van der Waals surface area contributed by atoms with Gasteiger partial charge in [0.15, 0.2) is 0 Å². The maximum atomic E-state index is 4.43. The van der Waals surface area contributed by atoms with Gasteiger partial charge in [-0.15, -0.1) is 0 Å². The average molecular weight is 262 g/mol. The Balaban J connectivity index is 1.50. The van der Waals surface area contributed by atoms with Gasteiger partial charge in [-0.2, -0.15) is 0 Å². The second-order valence-electron chi connectivity index (χ2n) is 6.20. The highest BCUT2D eigenvalue weighted by Crippen LogP contribution is 2.30. The van der Waals surface area contributed by atoms with Crippen LogP contribution < -0.4 is 5.32 Å². The van der Waals surface area contributed by atoms with Gasteiger partial charge < -0.3 is 14.8 Å². The Morgan fingerprint density at radius 2 is 2.26 bits per heavy atom. The molecule has 4 nitrogen and oxygen atoms in total. The second-order valence-corrected chi connectivity index (χ2v) is 6.20. The first-order valence-electron chi connectivity index (χ1n) is 7.73. The molecule has 1 unspecified atom stereocenters. The van der Waals surface area contributed by atoms with Crippen LogP contribution in [0.25, 0.3) is 0 Å². The Morgan fingerprint density at radius 3 is 2.89 bits per heavy atom. The highest BCUT2D eigenvalue weighted by Gasteiger charge is 2.26. The molecule has 1 N–H and O–H groups in total. The lowest BCUT2D eigenvalue weighted by atomic mass is 10.2. The third-order valence-electron chi connectivity index (χ3n) is 4.43. The molecule has 0 amide bonds. The number of hydrogen-bond acceptors (Lipinski definition) is 3. The fourth-order valence-electron chi connectivity index (χ4n) is 3.04. The topological polar surface area (TPSA) is 33.1 Å². The lowest BCUT2D eigenvalue weighted by molar-refractivity contribution is 0.240. The molecular formula is C15H26N4. The van der Waals surface area contributed by atoms with E-state index in [9.17, 15) is 0 Å². The first-order chi connectivity index (χ1) is 9.31. The molecule has 4 heteroatoms. The standard InChI is InChI=1S/C15H26N4/c1-18-10-8-17-15(18)6-9-19(11-13-4-5-13)12-14-3-2-7-16-14/h8,10,13-14,16H,2-7,9,11-12H2,1H3. The fourth-order valence-corrected chi connectivity index (χ4v) is 3.04.